The van der Waals surface area contributed by atoms with E-state index in [1.807, 2.05) is 6.20 Å². The molecule has 1 aliphatic rings. The van der Waals surface area contributed by atoms with Crippen molar-refractivity contribution < 1.29 is 0 Å². The van der Waals surface area contributed by atoms with E-state index >= 15 is 0 Å². The van der Waals surface area contributed by atoms with Crippen LogP contribution < -0.4 is 0 Å². The molecular weight excluding hydrogens is 252 g/mol. The highest BCUT2D eigenvalue weighted by atomic mass is 79.9. The Hall–Kier alpha value is -0.830. The van der Waals surface area contributed by atoms with Crippen molar-refractivity contribution >= 4 is 21.4 Å². The van der Waals surface area contributed by atoms with Gasteiger partial charge in [-0.25, -0.2) is 4.98 Å². The number of hydrogen-bond donors (Lipinski definition) is 0. The number of nitrogens with zero attached hydrogens (tertiary/aromatic N) is 2. The van der Waals surface area contributed by atoms with E-state index in [0.29, 0.717) is 5.92 Å². The molecule has 2 nitrogen and oxygen atoms in total. The summed E-state index contributed by atoms with van der Waals surface area (Å²) >= 11 is 3.56. The Kier molecular flexibility index (Phi) is 2.28. The molecule has 3 rings (SSSR count). The maximum Gasteiger partial charge on any atom is 0.116 e. The van der Waals surface area contributed by atoms with Gasteiger partial charge in [0.25, 0.3) is 0 Å². The van der Waals surface area contributed by atoms with Gasteiger partial charge in [-0.3, -0.25) is 0 Å². The van der Waals surface area contributed by atoms with E-state index in [-0.39, 0.29) is 0 Å². The summed E-state index contributed by atoms with van der Waals surface area (Å²) in [6.45, 7) is 0. The van der Waals surface area contributed by atoms with Gasteiger partial charge in [0.05, 0.1) is 11.7 Å². The first-order chi connectivity index (χ1) is 7.36. The molecule has 0 aromatic carbocycles. The monoisotopic (exact) mass is 264 g/mol. The molecule has 0 bridgehead atoms. The van der Waals surface area contributed by atoms with Crippen LogP contribution in [0.4, 0.5) is 0 Å². The van der Waals surface area contributed by atoms with Crippen molar-refractivity contribution in [2.75, 3.05) is 0 Å². The van der Waals surface area contributed by atoms with Crippen molar-refractivity contribution in [3.63, 3.8) is 0 Å². The SMILES string of the molecule is Brc1cccn2c(C3CCCC3)ncc12. The Morgan fingerprint density at radius 2 is 2.13 bits per heavy atom. The van der Waals surface area contributed by atoms with E-state index in [2.05, 4.69) is 43.6 Å². The zero-order valence-corrected chi connectivity index (χ0v) is 10.1. The first kappa shape index (κ1) is 9.40. The first-order valence-electron chi connectivity index (χ1n) is 5.48. The molecule has 2 aromatic heterocycles. The maximum atomic E-state index is 4.57. The Bertz CT molecular complexity index is 483. The molecule has 0 aliphatic heterocycles. The summed E-state index contributed by atoms with van der Waals surface area (Å²) in [5.41, 5.74) is 1.18. The molecule has 0 radical (unpaired) electrons. The van der Waals surface area contributed by atoms with Gasteiger partial charge in [-0.05, 0) is 40.9 Å². The van der Waals surface area contributed by atoms with Gasteiger partial charge in [0.2, 0.25) is 0 Å². The van der Waals surface area contributed by atoms with Crippen molar-refractivity contribution in [2.24, 2.45) is 0 Å². The van der Waals surface area contributed by atoms with Crippen LogP contribution in [0, 0.1) is 0 Å². The van der Waals surface area contributed by atoms with Crippen molar-refractivity contribution in [1.82, 2.24) is 9.38 Å². The van der Waals surface area contributed by atoms with Crippen LogP contribution in [0.15, 0.2) is 29.0 Å². The molecule has 78 valence electrons. The first-order valence-corrected chi connectivity index (χ1v) is 6.27. The minimum Gasteiger partial charge on any atom is -0.302 e. The van der Waals surface area contributed by atoms with E-state index in [1.165, 1.54) is 37.0 Å². The molecule has 2 aromatic rings. The summed E-state index contributed by atoms with van der Waals surface area (Å²) in [5, 5.41) is 0. The number of aromatic nitrogens is 2. The summed E-state index contributed by atoms with van der Waals surface area (Å²) < 4.78 is 3.35. The van der Waals surface area contributed by atoms with Gasteiger partial charge in [-0.1, -0.05) is 12.8 Å². The Labute approximate surface area is 97.5 Å². The predicted molar refractivity (Wildman–Crippen MR) is 64.1 cm³/mol. The van der Waals surface area contributed by atoms with Crippen LogP contribution in [0.1, 0.15) is 37.4 Å². The molecule has 0 atom stereocenters. The standard InChI is InChI=1S/C12H13BrN2/c13-10-6-3-7-15-11(10)8-14-12(15)9-4-1-2-5-9/h3,6-9H,1-2,4-5H2. The van der Waals surface area contributed by atoms with Crippen LogP contribution in [-0.2, 0) is 0 Å². The van der Waals surface area contributed by atoms with Crippen LogP contribution in [0.2, 0.25) is 0 Å². The molecule has 2 heterocycles. The number of rotatable bonds is 1. The van der Waals surface area contributed by atoms with Gasteiger partial charge < -0.3 is 4.40 Å². The summed E-state index contributed by atoms with van der Waals surface area (Å²) in [6, 6.07) is 4.13. The second-order valence-corrected chi connectivity index (χ2v) is 5.06. The third kappa shape index (κ3) is 1.49. The lowest BCUT2D eigenvalue weighted by atomic mass is 10.1. The minimum atomic E-state index is 0.668. The highest BCUT2D eigenvalue weighted by molar-refractivity contribution is 9.10. The predicted octanol–water partition coefficient (Wildman–Crippen LogP) is 3.75. The second kappa shape index (κ2) is 3.63. The van der Waals surface area contributed by atoms with Crippen molar-refractivity contribution in [2.45, 2.75) is 31.6 Å². The molecule has 0 unspecified atom stereocenters. The van der Waals surface area contributed by atoms with Crippen molar-refractivity contribution in [3.05, 3.63) is 34.8 Å². The van der Waals surface area contributed by atoms with Gasteiger partial charge in [-0.15, -0.1) is 0 Å². The van der Waals surface area contributed by atoms with Crippen LogP contribution >= 0.6 is 15.9 Å². The van der Waals surface area contributed by atoms with E-state index < -0.39 is 0 Å². The number of hydrogen-bond acceptors (Lipinski definition) is 1. The second-order valence-electron chi connectivity index (χ2n) is 4.21. The molecule has 1 saturated carbocycles. The molecule has 0 saturated heterocycles. The maximum absolute atomic E-state index is 4.57. The molecule has 15 heavy (non-hydrogen) atoms. The molecule has 3 heteroatoms. The van der Waals surface area contributed by atoms with Gasteiger partial charge in [0, 0.05) is 16.6 Å². The number of fused-ring (bicyclic) bond motifs is 1. The summed E-state index contributed by atoms with van der Waals surface area (Å²) in [4.78, 5) is 4.57. The zero-order valence-electron chi connectivity index (χ0n) is 8.49. The largest absolute Gasteiger partial charge is 0.302 e. The molecule has 0 N–H and O–H groups in total. The Morgan fingerprint density at radius 3 is 2.93 bits per heavy atom. The minimum absolute atomic E-state index is 0.668. The zero-order chi connectivity index (χ0) is 10.3. The summed E-state index contributed by atoms with van der Waals surface area (Å²) in [7, 11) is 0. The fourth-order valence-electron chi connectivity index (χ4n) is 2.49. The smallest absolute Gasteiger partial charge is 0.116 e. The lowest BCUT2D eigenvalue weighted by molar-refractivity contribution is 0.665. The van der Waals surface area contributed by atoms with Gasteiger partial charge in [-0.2, -0.15) is 0 Å². The van der Waals surface area contributed by atoms with Gasteiger partial charge in [0.15, 0.2) is 0 Å². The fraction of sp³-hybridized carbons (Fsp3) is 0.417. The molecule has 0 spiro atoms. The van der Waals surface area contributed by atoms with Crippen LogP contribution in [0.25, 0.3) is 5.52 Å². The molecular formula is C12H13BrN2. The van der Waals surface area contributed by atoms with Crippen molar-refractivity contribution in [3.8, 4) is 0 Å². The normalized spacial score (nSPS) is 17.7. The number of imidazole rings is 1. The van der Waals surface area contributed by atoms with Crippen LogP contribution in [-0.4, -0.2) is 9.38 Å². The van der Waals surface area contributed by atoms with E-state index in [9.17, 15) is 0 Å². The van der Waals surface area contributed by atoms with Crippen molar-refractivity contribution in [1.29, 1.82) is 0 Å². The quantitative estimate of drug-likeness (QED) is 0.767. The van der Waals surface area contributed by atoms with Gasteiger partial charge in [0.1, 0.15) is 5.82 Å². The van der Waals surface area contributed by atoms with E-state index in [0.717, 1.165) is 4.47 Å². The summed E-state index contributed by atoms with van der Waals surface area (Å²) in [5.74, 6) is 1.91. The van der Waals surface area contributed by atoms with E-state index in [1.54, 1.807) is 0 Å². The molecule has 0 amide bonds. The molecule has 1 aliphatic carbocycles. The molecule has 1 fully saturated rings. The number of pyridine rings is 1. The van der Waals surface area contributed by atoms with E-state index in [4.69, 9.17) is 0 Å². The Morgan fingerprint density at radius 1 is 1.33 bits per heavy atom. The number of halogens is 1. The lowest BCUT2D eigenvalue weighted by Gasteiger charge is -2.07. The lowest BCUT2D eigenvalue weighted by Crippen LogP contribution is -1.99. The van der Waals surface area contributed by atoms with Crippen LogP contribution in [0.3, 0.4) is 0 Å². The third-order valence-corrected chi connectivity index (χ3v) is 3.94. The Balaban J connectivity index is 2.15. The fourth-order valence-corrected chi connectivity index (χ4v) is 2.94. The topological polar surface area (TPSA) is 17.3 Å². The average Bonchev–Trinajstić information content (AvgIpc) is 2.85. The highest BCUT2D eigenvalue weighted by Crippen LogP contribution is 2.34. The van der Waals surface area contributed by atoms with Gasteiger partial charge >= 0.3 is 0 Å². The third-order valence-electron chi connectivity index (χ3n) is 3.27. The average molecular weight is 265 g/mol. The summed E-state index contributed by atoms with van der Waals surface area (Å²) in [6.07, 6.45) is 9.39. The van der Waals surface area contributed by atoms with Crippen LogP contribution in [0.5, 0.6) is 0 Å². The highest BCUT2D eigenvalue weighted by Gasteiger charge is 2.21.